The number of aromatic amines is 1. The highest BCUT2D eigenvalue weighted by Crippen LogP contribution is 2.28. The van der Waals surface area contributed by atoms with Gasteiger partial charge in [0.2, 0.25) is 0 Å². The summed E-state index contributed by atoms with van der Waals surface area (Å²) >= 11 is 6.06. The zero-order chi connectivity index (χ0) is 18.0. The molecule has 0 bridgehead atoms. The third kappa shape index (κ3) is 3.87. The quantitative estimate of drug-likeness (QED) is 0.814. The molecule has 1 aliphatic heterocycles. The van der Waals surface area contributed by atoms with Crippen LogP contribution in [0.15, 0.2) is 42.6 Å². The highest BCUT2D eigenvalue weighted by atomic mass is 35.5. The van der Waals surface area contributed by atoms with Gasteiger partial charge in [-0.3, -0.25) is 9.69 Å². The summed E-state index contributed by atoms with van der Waals surface area (Å²) in [5.74, 6) is 0.458. The van der Waals surface area contributed by atoms with Gasteiger partial charge in [0.1, 0.15) is 19.3 Å². The van der Waals surface area contributed by atoms with Crippen molar-refractivity contribution in [1.82, 2.24) is 4.90 Å². The molecule has 1 aromatic carbocycles. The van der Waals surface area contributed by atoms with Crippen LogP contribution in [0.3, 0.4) is 0 Å². The SMILES string of the molecule is O=C(c1ccccc1Cl)N1CCN(c2ccc(C(F)(F)F)c[nH+]2)CC1. The number of alkyl halides is 3. The Morgan fingerprint density at radius 3 is 2.28 bits per heavy atom. The van der Waals surface area contributed by atoms with Gasteiger partial charge < -0.3 is 4.90 Å². The number of pyridine rings is 1. The van der Waals surface area contributed by atoms with Crippen LogP contribution in [0.25, 0.3) is 0 Å². The number of H-pyrrole nitrogens is 1. The van der Waals surface area contributed by atoms with Crippen LogP contribution in [0.5, 0.6) is 0 Å². The molecule has 2 heterocycles. The van der Waals surface area contributed by atoms with Crippen molar-refractivity contribution in [1.29, 1.82) is 0 Å². The first-order valence-corrected chi connectivity index (χ1v) is 8.12. The van der Waals surface area contributed by atoms with Crippen molar-refractivity contribution in [2.24, 2.45) is 0 Å². The number of rotatable bonds is 2. The van der Waals surface area contributed by atoms with Crippen molar-refractivity contribution in [3.05, 3.63) is 58.7 Å². The average Bonchev–Trinajstić information content (AvgIpc) is 2.61. The number of benzene rings is 1. The first-order valence-electron chi connectivity index (χ1n) is 7.74. The third-order valence-corrected chi connectivity index (χ3v) is 4.47. The van der Waals surface area contributed by atoms with E-state index in [2.05, 4.69) is 4.98 Å². The summed E-state index contributed by atoms with van der Waals surface area (Å²) in [6.45, 7) is 1.99. The lowest BCUT2D eigenvalue weighted by Crippen LogP contribution is -2.50. The van der Waals surface area contributed by atoms with Crippen molar-refractivity contribution in [3.63, 3.8) is 0 Å². The standard InChI is InChI=1S/C17H15ClF3N3O/c18-14-4-2-1-3-13(14)16(25)24-9-7-23(8-10-24)15-6-5-12(11-22-15)17(19,20)21/h1-6,11H,7-10H2/p+1. The summed E-state index contributed by atoms with van der Waals surface area (Å²) < 4.78 is 37.8. The van der Waals surface area contributed by atoms with E-state index in [0.29, 0.717) is 42.6 Å². The molecule has 8 heteroatoms. The van der Waals surface area contributed by atoms with Gasteiger partial charge in [-0.15, -0.1) is 0 Å². The minimum atomic E-state index is -4.37. The Labute approximate surface area is 147 Å². The van der Waals surface area contributed by atoms with Gasteiger partial charge in [0.25, 0.3) is 11.7 Å². The number of carbonyl (C=O) groups excluding carboxylic acids is 1. The van der Waals surface area contributed by atoms with E-state index in [1.165, 1.54) is 6.07 Å². The molecule has 0 radical (unpaired) electrons. The topological polar surface area (TPSA) is 37.7 Å². The summed E-state index contributed by atoms with van der Waals surface area (Å²) in [4.78, 5) is 18.8. The van der Waals surface area contributed by atoms with Gasteiger partial charge in [0.15, 0.2) is 0 Å². The van der Waals surface area contributed by atoms with Crippen LogP contribution >= 0.6 is 11.6 Å². The van der Waals surface area contributed by atoms with E-state index >= 15 is 0 Å². The number of nitrogens with zero attached hydrogens (tertiary/aromatic N) is 2. The second kappa shape index (κ2) is 6.92. The zero-order valence-corrected chi connectivity index (χ0v) is 13.9. The van der Waals surface area contributed by atoms with E-state index in [0.717, 1.165) is 12.3 Å². The molecule has 2 aromatic rings. The van der Waals surface area contributed by atoms with Gasteiger partial charge >= 0.3 is 6.18 Å². The molecular weight excluding hydrogens is 355 g/mol. The molecule has 0 unspecified atom stereocenters. The maximum absolute atomic E-state index is 12.6. The summed E-state index contributed by atoms with van der Waals surface area (Å²) in [6, 6.07) is 9.33. The first kappa shape index (κ1) is 17.5. The Hall–Kier alpha value is -2.28. The molecule has 1 aliphatic rings. The Balaban J connectivity index is 1.64. The van der Waals surface area contributed by atoms with Crippen molar-refractivity contribution < 1.29 is 22.9 Å². The number of halogens is 4. The number of piperazine rings is 1. The first-order chi connectivity index (χ1) is 11.9. The summed E-state index contributed by atoms with van der Waals surface area (Å²) in [5, 5.41) is 0.408. The third-order valence-electron chi connectivity index (χ3n) is 4.14. The molecule has 1 saturated heterocycles. The van der Waals surface area contributed by atoms with Crippen LogP contribution < -0.4 is 9.88 Å². The largest absolute Gasteiger partial charge is 0.419 e. The molecule has 132 valence electrons. The van der Waals surface area contributed by atoms with Crippen molar-refractivity contribution >= 4 is 23.3 Å². The number of hydrogen-bond acceptors (Lipinski definition) is 2. The fourth-order valence-electron chi connectivity index (χ4n) is 2.75. The van der Waals surface area contributed by atoms with Crippen molar-refractivity contribution in [3.8, 4) is 0 Å². The van der Waals surface area contributed by atoms with Crippen LogP contribution in [-0.2, 0) is 6.18 Å². The molecule has 0 atom stereocenters. The maximum atomic E-state index is 12.6. The van der Waals surface area contributed by atoms with E-state index in [-0.39, 0.29) is 5.91 Å². The minimum absolute atomic E-state index is 0.137. The fourth-order valence-corrected chi connectivity index (χ4v) is 2.96. The van der Waals surface area contributed by atoms with Gasteiger partial charge in [-0.1, -0.05) is 23.7 Å². The molecule has 0 spiro atoms. The van der Waals surface area contributed by atoms with E-state index in [1.807, 2.05) is 4.90 Å². The van der Waals surface area contributed by atoms with Gasteiger partial charge in [0.05, 0.1) is 29.2 Å². The zero-order valence-electron chi connectivity index (χ0n) is 13.2. The Bertz CT molecular complexity index is 756. The summed E-state index contributed by atoms with van der Waals surface area (Å²) in [6.07, 6.45) is -3.41. The lowest BCUT2D eigenvalue weighted by Gasteiger charge is -2.31. The fraction of sp³-hybridized carbons (Fsp3) is 0.294. The molecule has 1 amide bonds. The Kier molecular flexibility index (Phi) is 4.85. The van der Waals surface area contributed by atoms with Gasteiger partial charge in [-0.2, -0.15) is 13.2 Å². The molecule has 1 fully saturated rings. The Morgan fingerprint density at radius 2 is 1.72 bits per heavy atom. The summed E-state index contributed by atoms with van der Waals surface area (Å²) in [7, 11) is 0. The van der Waals surface area contributed by atoms with Crippen LogP contribution in [0.1, 0.15) is 15.9 Å². The molecule has 0 aliphatic carbocycles. The molecule has 0 saturated carbocycles. The van der Waals surface area contributed by atoms with Gasteiger partial charge in [-0.05, 0) is 18.2 Å². The lowest BCUT2D eigenvalue weighted by molar-refractivity contribution is -0.367. The number of carbonyl (C=O) groups is 1. The number of hydrogen-bond donors (Lipinski definition) is 0. The smallest absolute Gasteiger partial charge is 0.331 e. The Morgan fingerprint density at radius 1 is 1.04 bits per heavy atom. The number of amides is 1. The number of anilines is 1. The van der Waals surface area contributed by atoms with Crippen LogP contribution in [-0.4, -0.2) is 37.0 Å². The molecule has 1 N–H and O–H groups in total. The van der Waals surface area contributed by atoms with Crippen LogP contribution in [0.4, 0.5) is 19.0 Å². The lowest BCUT2D eigenvalue weighted by atomic mass is 10.1. The van der Waals surface area contributed by atoms with E-state index in [9.17, 15) is 18.0 Å². The second-order valence-electron chi connectivity index (χ2n) is 5.72. The molecule has 1 aromatic heterocycles. The normalized spacial score (nSPS) is 15.4. The molecule has 4 nitrogen and oxygen atoms in total. The summed E-state index contributed by atoms with van der Waals surface area (Å²) in [5.41, 5.74) is -0.262. The predicted molar refractivity (Wildman–Crippen MR) is 87.6 cm³/mol. The van der Waals surface area contributed by atoms with E-state index in [4.69, 9.17) is 11.6 Å². The average molecular weight is 371 g/mol. The van der Waals surface area contributed by atoms with Gasteiger partial charge in [-0.25, -0.2) is 4.98 Å². The monoisotopic (exact) mass is 370 g/mol. The van der Waals surface area contributed by atoms with Crippen LogP contribution in [0.2, 0.25) is 5.02 Å². The highest BCUT2D eigenvalue weighted by molar-refractivity contribution is 6.33. The molecule has 25 heavy (non-hydrogen) atoms. The highest BCUT2D eigenvalue weighted by Gasteiger charge is 2.33. The van der Waals surface area contributed by atoms with Crippen LogP contribution in [0, 0.1) is 0 Å². The van der Waals surface area contributed by atoms with Crippen molar-refractivity contribution in [2.75, 3.05) is 31.1 Å². The van der Waals surface area contributed by atoms with E-state index < -0.39 is 11.7 Å². The number of nitrogens with one attached hydrogen (secondary N) is 1. The van der Waals surface area contributed by atoms with Crippen molar-refractivity contribution in [2.45, 2.75) is 6.18 Å². The van der Waals surface area contributed by atoms with E-state index in [1.54, 1.807) is 29.2 Å². The molecule has 3 rings (SSSR count). The molecular formula is C17H16ClF3N3O+. The maximum Gasteiger partial charge on any atom is 0.419 e. The van der Waals surface area contributed by atoms with Gasteiger partial charge in [0, 0.05) is 6.07 Å². The minimum Gasteiger partial charge on any atom is -0.331 e. The second-order valence-corrected chi connectivity index (χ2v) is 6.13. The number of aromatic nitrogens is 1. The predicted octanol–water partition coefficient (Wildman–Crippen LogP) is 3.14.